The summed E-state index contributed by atoms with van der Waals surface area (Å²) in [7, 11) is -5.83. The number of halogens is 1. The third-order valence-electron chi connectivity index (χ3n) is 5.25. The minimum absolute atomic E-state index is 0.0770. The number of hydrazone groups is 1. The number of nitrogens with zero attached hydrogens (tertiary/aromatic N) is 2. The second-order valence-corrected chi connectivity index (χ2v) is 11.7. The highest BCUT2D eigenvalue weighted by molar-refractivity contribution is 7.92. The monoisotopic (exact) mass is 519 g/mol. The Bertz CT molecular complexity index is 1420. The van der Waals surface area contributed by atoms with Gasteiger partial charge in [0, 0.05) is 17.1 Å². The summed E-state index contributed by atoms with van der Waals surface area (Å²) in [4.78, 5) is 0.0770. The number of hydrogen-bond acceptors (Lipinski definition) is 6. The minimum atomic E-state index is -3.98. The summed E-state index contributed by atoms with van der Waals surface area (Å²) >= 11 is 5.94. The molecule has 0 unspecified atom stereocenters. The van der Waals surface area contributed by atoms with Crippen LogP contribution in [0.4, 0.5) is 5.69 Å². The summed E-state index contributed by atoms with van der Waals surface area (Å²) < 4.78 is 58.7. The van der Waals surface area contributed by atoms with Crippen molar-refractivity contribution >= 4 is 43.0 Å². The van der Waals surface area contributed by atoms with Crippen LogP contribution in [-0.4, -0.2) is 40.3 Å². The standard InChI is InChI=1S/C23H22ClN3O5S2/c1-32-20-11-5-17(6-12-20)23-15-22(16-3-9-19(10-4-16)26-33(2,28)29)25-27(23)34(30,31)21-13-7-18(24)8-14-21/h3-14,23,26H,15H2,1-2H3/t23-/m0/s1. The lowest BCUT2D eigenvalue weighted by atomic mass is 9.99. The van der Waals surface area contributed by atoms with Crippen molar-refractivity contribution in [1.82, 2.24) is 4.41 Å². The van der Waals surface area contributed by atoms with E-state index in [0.717, 1.165) is 16.2 Å². The van der Waals surface area contributed by atoms with Crippen LogP contribution in [-0.2, 0) is 20.0 Å². The molecule has 178 valence electrons. The van der Waals surface area contributed by atoms with Crippen LogP contribution in [0.3, 0.4) is 0 Å². The van der Waals surface area contributed by atoms with Gasteiger partial charge in [0.15, 0.2) is 0 Å². The van der Waals surface area contributed by atoms with E-state index in [1.165, 1.54) is 24.3 Å². The Hall–Kier alpha value is -3.08. The normalized spacial score (nSPS) is 16.3. The zero-order valence-electron chi connectivity index (χ0n) is 18.3. The Kier molecular flexibility index (Phi) is 6.57. The number of sulfonamides is 2. The van der Waals surface area contributed by atoms with E-state index in [1.54, 1.807) is 43.5 Å². The number of ether oxygens (including phenoxy) is 1. The first-order valence-corrected chi connectivity index (χ1v) is 13.9. The van der Waals surface area contributed by atoms with E-state index >= 15 is 0 Å². The van der Waals surface area contributed by atoms with Crippen molar-refractivity contribution in [3.05, 3.63) is 88.9 Å². The summed E-state index contributed by atoms with van der Waals surface area (Å²) in [5.74, 6) is 0.656. The molecule has 0 spiro atoms. The maximum Gasteiger partial charge on any atom is 0.279 e. The molecular weight excluding hydrogens is 498 g/mol. The fraction of sp³-hybridized carbons (Fsp3) is 0.174. The molecule has 0 aromatic heterocycles. The third kappa shape index (κ3) is 5.19. The number of benzene rings is 3. The van der Waals surface area contributed by atoms with Gasteiger partial charge in [-0.3, -0.25) is 4.72 Å². The first kappa shape index (κ1) is 24.1. The van der Waals surface area contributed by atoms with Crippen molar-refractivity contribution < 1.29 is 21.6 Å². The van der Waals surface area contributed by atoms with Gasteiger partial charge in [-0.15, -0.1) is 0 Å². The van der Waals surface area contributed by atoms with Crippen LogP contribution in [0.1, 0.15) is 23.6 Å². The van der Waals surface area contributed by atoms with Gasteiger partial charge in [0.05, 0.1) is 30.0 Å². The molecule has 0 fully saturated rings. The smallest absolute Gasteiger partial charge is 0.279 e. The predicted molar refractivity (Wildman–Crippen MR) is 132 cm³/mol. The molecule has 0 radical (unpaired) electrons. The average molecular weight is 520 g/mol. The van der Waals surface area contributed by atoms with Crippen LogP contribution in [0.25, 0.3) is 0 Å². The lowest BCUT2D eigenvalue weighted by Gasteiger charge is -2.23. The molecule has 1 N–H and O–H groups in total. The van der Waals surface area contributed by atoms with Crippen molar-refractivity contribution in [2.45, 2.75) is 17.4 Å². The van der Waals surface area contributed by atoms with Gasteiger partial charge in [-0.25, -0.2) is 8.42 Å². The van der Waals surface area contributed by atoms with Gasteiger partial charge in [-0.1, -0.05) is 35.9 Å². The maximum absolute atomic E-state index is 13.5. The predicted octanol–water partition coefficient (Wildman–Crippen LogP) is 4.26. The van der Waals surface area contributed by atoms with E-state index < -0.39 is 26.1 Å². The molecule has 34 heavy (non-hydrogen) atoms. The summed E-state index contributed by atoms with van der Waals surface area (Å²) in [6.45, 7) is 0. The molecule has 8 nitrogen and oxygen atoms in total. The molecule has 4 rings (SSSR count). The van der Waals surface area contributed by atoms with Crippen LogP contribution >= 0.6 is 11.6 Å². The van der Waals surface area contributed by atoms with E-state index in [2.05, 4.69) is 9.82 Å². The molecule has 1 atom stereocenters. The summed E-state index contributed by atoms with van der Waals surface area (Å²) in [5.41, 5.74) is 2.41. The molecule has 11 heteroatoms. The molecule has 0 bridgehead atoms. The number of anilines is 1. The van der Waals surface area contributed by atoms with Gasteiger partial charge in [-0.05, 0) is 59.7 Å². The molecule has 0 saturated carbocycles. The number of methoxy groups -OCH3 is 1. The summed E-state index contributed by atoms with van der Waals surface area (Å²) in [5, 5.41) is 4.92. The highest BCUT2D eigenvalue weighted by Crippen LogP contribution is 2.38. The summed E-state index contributed by atoms with van der Waals surface area (Å²) in [6, 6.07) is 19.1. The Morgan fingerprint density at radius 2 is 1.56 bits per heavy atom. The lowest BCUT2D eigenvalue weighted by Crippen LogP contribution is -2.27. The second kappa shape index (κ2) is 9.28. The highest BCUT2D eigenvalue weighted by Gasteiger charge is 2.37. The lowest BCUT2D eigenvalue weighted by molar-refractivity contribution is 0.370. The maximum atomic E-state index is 13.5. The average Bonchev–Trinajstić information content (AvgIpc) is 3.25. The fourth-order valence-electron chi connectivity index (χ4n) is 3.62. The molecule has 3 aromatic rings. The van der Waals surface area contributed by atoms with Gasteiger partial charge in [-0.2, -0.15) is 17.9 Å². The summed E-state index contributed by atoms with van der Waals surface area (Å²) in [6.07, 6.45) is 1.40. The van der Waals surface area contributed by atoms with Gasteiger partial charge < -0.3 is 4.74 Å². The van der Waals surface area contributed by atoms with E-state index in [4.69, 9.17) is 16.3 Å². The van der Waals surface area contributed by atoms with Crippen LogP contribution in [0, 0.1) is 0 Å². The largest absolute Gasteiger partial charge is 0.497 e. The molecule has 1 aliphatic rings. The van der Waals surface area contributed by atoms with Crippen molar-refractivity contribution in [3.63, 3.8) is 0 Å². The zero-order valence-corrected chi connectivity index (χ0v) is 20.7. The van der Waals surface area contributed by atoms with Crippen LogP contribution in [0.2, 0.25) is 5.02 Å². The van der Waals surface area contributed by atoms with E-state index in [1.807, 2.05) is 12.1 Å². The van der Waals surface area contributed by atoms with E-state index in [0.29, 0.717) is 34.2 Å². The van der Waals surface area contributed by atoms with E-state index in [-0.39, 0.29) is 4.90 Å². The topological polar surface area (TPSA) is 105 Å². The molecule has 3 aromatic carbocycles. The van der Waals surface area contributed by atoms with E-state index in [9.17, 15) is 16.8 Å². The van der Waals surface area contributed by atoms with Crippen LogP contribution in [0.5, 0.6) is 5.75 Å². The van der Waals surface area contributed by atoms with Gasteiger partial charge in [0.25, 0.3) is 10.0 Å². The molecule has 0 aliphatic carbocycles. The minimum Gasteiger partial charge on any atom is -0.497 e. The Morgan fingerprint density at radius 3 is 2.12 bits per heavy atom. The Balaban J connectivity index is 1.73. The first-order chi connectivity index (χ1) is 16.1. The fourth-order valence-corrected chi connectivity index (χ4v) is 5.74. The SMILES string of the molecule is COc1ccc([C@@H]2CC(c3ccc(NS(C)(=O)=O)cc3)=NN2S(=O)(=O)c2ccc(Cl)cc2)cc1. The van der Waals surface area contributed by atoms with Gasteiger partial charge in [0.1, 0.15) is 5.75 Å². The highest BCUT2D eigenvalue weighted by atomic mass is 35.5. The molecular formula is C23H22ClN3O5S2. The van der Waals surface area contributed by atoms with Gasteiger partial charge in [0.2, 0.25) is 10.0 Å². The quantitative estimate of drug-likeness (QED) is 0.502. The Labute approximate surface area is 203 Å². The molecule has 0 amide bonds. The third-order valence-corrected chi connectivity index (χ3v) is 7.81. The molecule has 1 heterocycles. The molecule has 1 aliphatic heterocycles. The van der Waals surface area contributed by atoms with Crippen molar-refractivity contribution in [3.8, 4) is 5.75 Å². The van der Waals surface area contributed by atoms with Crippen LogP contribution in [0.15, 0.2) is 82.8 Å². The molecule has 0 saturated heterocycles. The van der Waals surface area contributed by atoms with Gasteiger partial charge >= 0.3 is 0 Å². The first-order valence-electron chi connectivity index (χ1n) is 10.2. The van der Waals surface area contributed by atoms with Crippen LogP contribution < -0.4 is 9.46 Å². The Morgan fingerprint density at radius 1 is 0.941 bits per heavy atom. The zero-order chi connectivity index (χ0) is 24.5. The van der Waals surface area contributed by atoms with Crippen molar-refractivity contribution in [2.24, 2.45) is 5.10 Å². The number of rotatable bonds is 7. The number of nitrogens with one attached hydrogen (secondary N) is 1. The second-order valence-electron chi connectivity index (χ2n) is 7.72. The number of hydrogen-bond donors (Lipinski definition) is 1. The van der Waals surface area contributed by atoms with Crippen molar-refractivity contribution in [1.29, 1.82) is 0 Å². The van der Waals surface area contributed by atoms with Crippen molar-refractivity contribution in [2.75, 3.05) is 18.1 Å².